The van der Waals surface area contributed by atoms with Crippen molar-refractivity contribution in [2.24, 2.45) is 0 Å². The van der Waals surface area contributed by atoms with E-state index in [1.165, 1.54) is 12.1 Å². The van der Waals surface area contributed by atoms with Gasteiger partial charge in [-0.1, -0.05) is 23.9 Å². The molecule has 0 heterocycles. The lowest BCUT2D eigenvalue weighted by molar-refractivity contribution is -0.140. The van der Waals surface area contributed by atoms with Crippen molar-refractivity contribution in [3.05, 3.63) is 59.2 Å². The van der Waals surface area contributed by atoms with Crippen molar-refractivity contribution >= 4 is 23.7 Å². The maximum atomic E-state index is 13.4. The molecule has 0 aliphatic rings. The summed E-state index contributed by atoms with van der Waals surface area (Å²) in [5.74, 6) is -1.80. The van der Waals surface area contributed by atoms with E-state index in [4.69, 9.17) is 9.84 Å². The minimum Gasteiger partial charge on any atom is -0.481 e. The molecular formula is C18H15F3O4S. The van der Waals surface area contributed by atoms with Gasteiger partial charge in [0.15, 0.2) is 0 Å². The molecule has 0 atom stereocenters. The highest BCUT2D eigenvalue weighted by molar-refractivity contribution is 7.99. The van der Waals surface area contributed by atoms with Crippen LogP contribution in [0.15, 0.2) is 52.3 Å². The first-order valence-corrected chi connectivity index (χ1v) is 8.39. The van der Waals surface area contributed by atoms with Gasteiger partial charge in [-0.15, -0.1) is 0 Å². The molecule has 0 fully saturated rings. The fourth-order valence-electron chi connectivity index (χ4n) is 2.16. The Morgan fingerprint density at radius 1 is 1.12 bits per heavy atom. The van der Waals surface area contributed by atoms with Crippen LogP contribution in [0.5, 0.6) is 0 Å². The molecule has 8 heteroatoms. The summed E-state index contributed by atoms with van der Waals surface area (Å²) in [5.41, 5.74) is -0.543. The van der Waals surface area contributed by atoms with Gasteiger partial charge in [0.2, 0.25) is 0 Å². The summed E-state index contributed by atoms with van der Waals surface area (Å²) in [6, 6.07) is 9.51. The number of alkyl halides is 3. The van der Waals surface area contributed by atoms with Crippen LogP contribution >= 0.6 is 11.8 Å². The molecule has 0 bridgehead atoms. The molecule has 0 radical (unpaired) electrons. The summed E-state index contributed by atoms with van der Waals surface area (Å²) >= 11 is 0.883. The van der Waals surface area contributed by atoms with Gasteiger partial charge in [0.1, 0.15) is 0 Å². The van der Waals surface area contributed by atoms with Crippen molar-refractivity contribution in [3.63, 3.8) is 0 Å². The van der Waals surface area contributed by atoms with Gasteiger partial charge in [0.25, 0.3) is 0 Å². The van der Waals surface area contributed by atoms with Gasteiger partial charge >= 0.3 is 18.1 Å². The lowest BCUT2D eigenvalue weighted by Crippen LogP contribution is -2.11. The predicted octanol–water partition coefficient (Wildman–Crippen LogP) is 4.66. The third-order valence-corrected chi connectivity index (χ3v) is 4.39. The second-order valence-electron chi connectivity index (χ2n) is 5.25. The number of carbonyl (C=O) groups excluding carboxylic acids is 1. The number of carboxylic acids is 1. The zero-order chi connectivity index (χ0) is 19.3. The van der Waals surface area contributed by atoms with Crippen molar-refractivity contribution < 1.29 is 32.6 Å². The van der Waals surface area contributed by atoms with Crippen LogP contribution in [-0.2, 0) is 22.1 Å². The Balaban J connectivity index is 2.30. The topological polar surface area (TPSA) is 63.6 Å². The summed E-state index contributed by atoms with van der Waals surface area (Å²) in [6.07, 6.45) is -4.79. The summed E-state index contributed by atoms with van der Waals surface area (Å²) < 4.78 is 44.8. The Morgan fingerprint density at radius 2 is 1.77 bits per heavy atom. The molecule has 2 aromatic carbocycles. The molecule has 0 saturated heterocycles. The van der Waals surface area contributed by atoms with Gasteiger partial charge in [-0.05, 0) is 42.8 Å². The van der Waals surface area contributed by atoms with Crippen LogP contribution < -0.4 is 0 Å². The van der Waals surface area contributed by atoms with E-state index in [-0.39, 0.29) is 23.5 Å². The third-order valence-electron chi connectivity index (χ3n) is 3.30. The van der Waals surface area contributed by atoms with Gasteiger partial charge in [-0.3, -0.25) is 4.79 Å². The molecule has 0 aliphatic carbocycles. The largest absolute Gasteiger partial charge is 0.481 e. The summed E-state index contributed by atoms with van der Waals surface area (Å²) in [4.78, 5) is 22.8. The Morgan fingerprint density at radius 3 is 2.31 bits per heavy atom. The van der Waals surface area contributed by atoms with E-state index < -0.39 is 23.7 Å². The fraction of sp³-hybridized carbons (Fsp3) is 0.222. The standard InChI is InChI=1S/C18H15F3O4S/c1-2-25-17(24)12-5-8-15(14(10-12)18(19,20)21)26-13-6-3-11(4-7-13)9-16(22)23/h3-8,10H,2,9H2,1H3,(H,22,23). The maximum Gasteiger partial charge on any atom is 0.417 e. The fourth-order valence-corrected chi connectivity index (χ4v) is 3.11. The Kier molecular flexibility index (Phi) is 6.31. The number of aliphatic carboxylic acids is 1. The van der Waals surface area contributed by atoms with Gasteiger partial charge in [-0.2, -0.15) is 13.2 Å². The smallest absolute Gasteiger partial charge is 0.417 e. The Bertz CT molecular complexity index is 801. The van der Waals surface area contributed by atoms with Crippen molar-refractivity contribution in [2.75, 3.05) is 6.61 Å². The molecule has 2 rings (SSSR count). The number of esters is 1. The van der Waals surface area contributed by atoms with E-state index >= 15 is 0 Å². The van der Waals surface area contributed by atoms with Gasteiger partial charge < -0.3 is 9.84 Å². The van der Waals surface area contributed by atoms with E-state index in [0.717, 1.165) is 17.8 Å². The monoisotopic (exact) mass is 384 g/mol. The van der Waals surface area contributed by atoms with E-state index in [9.17, 15) is 22.8 Å². The van der Waals surface area contributed by atoms with Gasteiger partial charge in [0.05, 0.1) is 24.2 Å². The second-order valence-corrected chi connectivity index (χ2v) is 6.36. The molecule has 4 nitrogen and oxygen atoms in total. The number of rotatable bonds is 6. The molecule has 26 heavy (non-hydrogen) atoms. The lowest BCUT2D eigenvalue weighted by Gasteiger charge is -2.14. The number of benzene rings is 2. The van der Waals surface area contributed by atoms with E-state index in [2.05, 4.69) is 0 Å². The zero-order valence-corrected chi connectivity index (χ0v) is 14.5. The predicted molar refractivity (Wildman–Crippen MR) is 89.3 cm³/mol. The van der Waals surface area contributed by atoms with Crippen LogP contribution in [0.4, 0.5) is 13.2 Å². The van der Waals surface area contributed by atoms with Crippen molar-refractivity contribution in [1.29, 1.82) is 0 Å². The van der Waals surface area contributed by atoms with E-state index in [0.29, 0.717) is 10.5 Å². The minimum absolute atomic E-state index is 0.0588. The second kappa shape index (κ2) is 8.27. The molecule has 0 aliphatic heterocycles. The molecule has 2 aromatic rings. The summed E-state index contributed by atoms with van der Waals surface area (Å²) in [7, 11) is 0. The highest BCUT2D eigenvalue weighted by Crippen LogP contribution is 2.40. The quantitative estimate of drug-likeness (QED) is 0.734. The average molecular weight is 384 g/mol. The number of carboxylic acid groups (broad SMARTS) is 1. The first kappa shape index (κ1) is 19.8. The van der Waals surface area contributed by atoms with Crippen LogP contribution in [0.2, 0.25) is 0 Å². The van der Waals surface area contributed by atoms with E-state index in [1.54, 1.807) is 31.2 Å². The molecule has 138 valence electrons. The Labute approximate surface area is 152 Å². The van der Waals surface area contributed by atoms with Gasteiger partial charge in [0, 0.05) is 9.79 Å². The molecular weight excluding hydrogens is 369 g/mol. The number of halogens is 3. The van der Waals surface area contributed by atoms with Crippen LogP contribution in [-0.4, -0.2) is 23.7 Å². The normalized spacial score (nSPS) is 11.2. The first-order chi connectivity index (χ1) is 12.2. The summed E-state index contributed by atoms with van der Waals surface area (Å²) in [6.45, 7) is 1.64. The molecule has 0 saturated carbocycles. The lowest BCUT2D eigenvalue weighted by atomic mass is 10.1. The summed E-state index contributed by atoms with van der Waals surface area (Å²) in [5, 5.41) is 8.74. The minimum atomic E-state index is -4.63. The van der Waals surface area contributed by atoms with E-state index in [1.807, 2.05) is 0 Å². The number of carbonyl (C=O) groups is 2. The third kappa shape index (κ3) is 5.26. The number of hydrogen-bond acceptors (Lipinski definition) is 4. The zero-order valence-electron chi connectivity index (χ0n) is 13.7. The first-order valence-electron chi connectivity index (χ1n) is 7.57. The maximum absolute atomic E-state index is 13.4. The highest BCUT2D eigenvalue weighted by Gasteiger charge is 2.34. The van der Waals surface area contributed by atoms with Crippen molar-refractivity contribution in [1.82, 2.24) is 0 Å². The van der Waals surface area contributed by atoms with Gasteiger partial charge in [-0.25, -0.2) is 4.79 Å². The average Bonchev–Trinajstić information content (AvgIpc) is 2.55. The molecule has 0 amide bonds. The van der Waals surface area contributed by atoms with Crippen LogP contribution in [0.3, 0.4) is 0 Å². The SMILES string of the molecule is CCOC(=O)c1ccc(Sc2ccc(CC(=O)O)cc2)c(C(F)(F)F)c1. The molecule has 0 spiro atoms. The highest BCUT2D eigenvalue weighted by atomic mass is 32.2. The molecule has 1 N–H and O–H groups in total. The number of hydrogen-bond donors (Lipinski definition) is 1. The number of ether oxygens (including phenoxy) is 1. The Hall–Kier alpha value is -2.48. The van der Waals surface area contributed by atoms with Crippen LogP contribution in [0.1, 0.15) is 28.4 Å². The van der Waals surface area contributed by atoms with Crippen LogP contribution in [0, 0.1) is 0 Å². The molecule has 0 aromatic heterocycles. The molecule has 0 unspecified atom stereocenters. The van der Waals surface area contributed by atoms with Crippen molar-refractivity contribution in [2.45, 2.75) is 29.3 Å². The van der Waals surface area contributed by atoms with Crippen molar-refractivity contribution in [3.8, 4) is 0 Å². The van der Waals surface area contributed by atoms with Crippen LogP contribution in [0.25, 0.3) is 0 Å².